The average molecular weight is 603 g/mol. The topological polar surface area (TPSA) is 195 Å². The van der Waals surface area contributed by atoms with Crippen molar-refractivity contribution in [2.75, 3.05) is 6.61 Å². The van der Waals surface area contributed by atoms with Crippen LogP contribution in [0.1, 0.15) is 53.0 Å². The van der Waals surface area contributed by atoms with Crippen LogP contribution in [0.4, 0.5) is 0 Å². The first-order chi connectivity index (χ1) is 19.0. The standard InChI is InChI=1S/C26H34O14S/c1-14-8-10-20(11-9-14)41(33,34)35-13-7-12-26(32)24(39-18(5)30)22(37-16(3)28)21(36-15(2)27)23(38-17(4)29)25(26)40-19(6)31/h8-11,21-25,32H,7,12-13H2,1-6H3/t21-,22?,23?,24+,25?,26+/m1/s1. The Labute approximate surface area is 237 Å². The summed E-state index contributed by atoms with van der Waals surface area (Å²) in [5, 5.41) is 12.0. The van der Waals surface area contributed by atoms with Crippen LogP contribution in [-0.4, -0.2) is 86.1 Å². The second-order valence-corrected chi connectivity index (χ2v) is 11.1. The SMILES string of the molecule is CC(=O)OC1C(OC(C)=O)[C@](O)(CCCOS(=O)(=O)c2ccc(C)cc2)[C@@H](OC(C)=O)C(OC(C)=O)[C@H]1OC(C)=O. The van der Waals surface area contributed by atoms with E-state index in [1.807, 2.05) is 0 Å². The molecule has 6 atom stereocenters. The van der Waals surface area contributed by atoms with Gasteiger partial charge in [-0.05, 0) is 31.9 Å². The Bertz CT molecular complexity index is 1200. The van der Waals surface area contributed by atoms with Gasteiger partial charge >= 0.3 is 29.8 Å². The molecule has 2 rings (SSSR count). The summed E-state index contributed by atoms with van der Waals surface area (Å²) >= 11 is 0. The van der Waals surface area contributed by atoms with Crippen LogP contribution in [0, 0.1) is 6.92 Å². The molecule has 0 aromatic heterocycles. The minimum Gasteiger partial charge on any atom is -0.455 e. The first-order valence-electron chi connectivity index (χ1n) is 12.5. The molecule has 228 valence electrons. The van der Waals surface area contributed by atoms with E-state index >= 15 is 0 Å². The van der Waals surface area contributed by atoms with E-state index in [9.17, 15) is 37.5 Å². The van der Waals surface area contributed by atoms with E-state index in [0.717, 1.165) is 40.2 Å². The molecule has 1 aliphatic carbocycles. The van der Waals surface area contributed by atoms with Crippen molar-refractivity contribution < 1.29 is 65.4 Å². The summed E-state index contributed by atoms with van der Waals surface area (Å²) in [5.41, 5.74) is -1.64. The van der Waals surface area contributed by atoms with Crippen LogP contribution < -0.4 is 0 Å². The molecule has 0 spiro atoms. The lowest BCUT2D eigenvalue weighted by Crippen LogP contribution is -2.74. The Morgan fingerprint density at radius 3 is 1.49 bits per heavy atom. The molecule has 0 radical (unpaired) electrons. The molecule has 14 nitrogen and oxygen atoms in total. The molecule has 0 bridgehead atoms. The van der Waals surface area contributed by atoms with Gasteiger partial charge in [-0.15, -0.1) is 0 Å². The van der Waals surface area contributed by atoms with Crippen molar-refractivity contribution in [3.63, 3.8) is 0 Å². The fraction of sp³-hybridized carbons (Fsp3) is 0.577. The summed E-state index contributed by atoms with van der Waals surface area (Å²) in [7, 11) is -4.19. The Morgan fingerprint density at radius 2 is 1.10 bits per heavy atom. The quantitative estimate of drug-likeness (QED) is 0.162. The van der Waals surface area contributed by atoms with E-state index in [0.29, 0.717) is 0 Å². The zero-order valence-corrected chi connectivity index (χ0v) is 24.3. The first kappa shape index (κ1) is 33.6. The molecule has 0 saturated heterocycles. The van der Waals surface area contributed by atoms with Gasteiger partial charge in [0.05, 0.1) is 11.5 Å². The monoisotopic (exact) mass is 602 g/mol. The molecular formula is C26H34O14S. The molecule has 41 heavy (non-hydrogen) atoms. The molecule has 15 heteroatoms. The minimum absolute atomic E-state index is 0.107. The van der Waals surface area contributed by atoms with E-state index in [4.69, 9.17) is 27.9 Å². The molecule has 1 saturated carbocycles. The van der Waals surface area contributed by atoms with Gasteiger partial charge in [0.25, 0.3) is 10.1 Å². The predicted octanol–water partition coefficient (Wildman–Crippen LogP) is 0.884. The van der Waals surface area contributed by atoms with Gasteiger partial charge in [0.15, 0.2) is 30.5 Å². The summed E-state index contributed by atoms with van der Waals surface area (Å²) in [6.45, 7) is 6.27. The number of aliphatic hydroxyl groups is 1. The van der Waals surface area contributed by atoms with E-state index in [1.165, 1.54) is 12.1 Å². The van der Waals surface area contributed by atoms with Gasteiger partial charge in [0, 0.05) is 34.6 Å². The van der Waals surface area contributed by atoms with Gasteiger partial charge in [0.2, 0.25) is 0 Å². The molecule has 1 N–H and O–H groups in total. The van der Waals surface area contributed by atoms with Gasteiger partial charge in [0.1, 0.15) is 5.60 Å². The molecule has 3 unspecified atom stereocenters. The molecule has 0 amide bonds. The predicted molar refractivity (Wildman–Crippen MR) is 136 cm³/mol. The highest BCUT2D eigenvalue weighted by molar-refractivity contribution is 7.86. The largest absolute Gasteiger partial charge is 0.455 e. The maximum Gasteiger partial charge on any atom is 0.303 e. The molecule has 1 aromatic rings. The molecule has 1 fully saturated rings. The Morgan fingerprint density at radius 1 is 0.707 bits per heavy atom. The second-order valence-electron chi connectivity index (χ2n) is 9.47. The second kappa shape index (κ2) is 13.9. The van der Waals surface area contributed by atoms with Crippen LogP contribution in [0.2, 0.25) is 0 Å². The lowest BCUT2D eigenvalue weighted by atomic mass is 9.71. The number of carbonyl (C=O) groups excluding carboxylic acids is 5. The minimum atomic E-state index is -4.19. The van der Waals surface area contributed by atoms with Gasteiger partial charge < -0.3 is 28.8 Å². The molecule has 0 aliphatic heterocycles. The fourth-order valence-corrected chi connectivity index (χ4v) is 5.45. The van der Waals surface area contributed by atoms with Crippen molar-refractivity contribution in [2.24, 2.45) is 0 Å². The van der Waals surface area contributed by atoms with Crippen molar-refractivity contribution in [1.82, 2.24) is 0 Å². The number of hydrogen-bond acceptors (Lipinski definition) is 14. The Kier molecular flexibility index (Phi) is 11.4. The zero-order chi connectivity index (χ0) is 31.1. The highest BCUT2D eigenvalue weighted by Gasteiger charge is 2.66. The normalized spacial score (nSPS) is 25.9. The van der Waals surface area contributed by atoms with Crippen molar-refractivity contribution >= 4 is 40.0 Å². The number of ether oxygens (including phenoxy) is 5. The highest BCUT2D eigenvalue weighted by Crippen LogP contribution is 2.41. The molecular weight excluding hydrogens is 568 g/mol. The number of rotatable bonds is 11. The van der Waals surface area contributed by atoms with Crippen LogP contribution in [0.3, 0.4) is 0 Å². The number of carbonyl (C=O) groups is 5. The lowest BCUT2D eigenvalue weighted by Gasteiger charge is -2.52. The van der Waals surface area contributed by atoms with Gasteiger partial charge in [-0.2, -0.15) is 8.42 Å². The van der Waals surface area contributed by atoms with E-state index < -0.39 is 89.1 Å². The fourth-order valence-electron chi connectivity index (χ4n) is 4.51. The zero-order valence-electron chi connectivity index (χ0n) is 23.5. The van der Waals surface area contributed by atoms with Crippen molar-refractivity contribution in [1.29, 1.82) is 0 Å². The highest BCUT2D eigenvalue weighted by atomic mass is 32.2. The Balaban J connectivity index is 2.53. The van der Waals surface area contributed by atoms with Gasteiger partial charge in [-0.1, -0.05) is 17.7 Å². The summed E-state index contributed by atoms with van der Waals surface area (Å²) in [4.78, 5) is 60.2. The van der Waals surface area contributed by atoms with E-state index in [2.05, 4.69) is 0 Å². The van der Waals surface area contributed by atoms with Crippen LogP contribution in [0.15, 0.2) is 29.2 Å². The summed E-state index contributed by atoms with van der Waals surface area (Å²) in [6, 6.07) is 5.88. The van der Waals surface area contributed by atoms with Crippen molar-refractivity contribution in [2.45, 2.75) is 95.4 Å². The summed E-state index contributed by atoms with van der Waals surface area (Å²) in [6.07, 6.45) is -9.56. The third-order valence-corrected chi connectivity index (χ3v) is 7.32. The third kappa shape index (κ3) is 8.96. The van der Waals surface area contributed by atoms with E-state index in [1.54, 1.807) is 19.1 Å². The maximum atomic E-state index is 12.6. The van der Waals surface area contributed by atoms with Crippen LogP contribution in [0.5, 0.6) is 0 Å². The molecule has 1 aromatic carbocycles. The van der Waals surface area contributed by atoms with Crippen LogP contribution >= 0.6 is 0 Å². The van der Waals surface area contributed by atoms with Crippen molar-refractivity contribution in [3.8, 4) is 0 Å². The van der Waals surface area contributed by atoms with Crippen LogP contribution in [0.25, 0.3) is 0 Å². The average Bonchev–Trinajstić information content (AvgIpc) is 2.83. The first-order valence-corrected chi connectivity index (χ1v) is 13.9. The van der Waals surface area contributed by atoms with Crippen molar-refractivity contribution in [3.05, 3.63) is 29.8 Å². The van der Waals surface area contributed by atoms with Gasteiger partial charge in [-0.3, -0.25) is 28.2 Å². The number of benzene rings is 1. The third-order valence-electron chi connectivity index (χ3n) is 5.99. The summed E-state index contributed by atoms with van der Waals surface area (Å²) < 4.78 is 56.8. The van der Waals surface area contributed by atoms with Gasteiger partial charge in [-0.25, -0.2) is 0 Å². The maximum absolute atomic E-state index is 12.6. The molecule has 1 aliphatic rings. The smallest absolute Gasteiger partial charge is 0.303 e. The number of hydrogen-bond donors (Lipinski definition) is 1. The molecule has 0 heterocycles. The Hall–Kier alpha value is -3.56. The lowest BCUT2D eigenvalue weighted by molar-refractivity contribution is -0.287. The van der Waals surface area contributed by atoms with Crippen LogP contribution in [-0.2, 0) is 62.0 Å². The van der Waals surface area contributed by atoms with E-state index in [-0.39, 0.29) is 11.3 Å². The number of aryl methyl sites for hydroxylation is 1. The summed E-state index contributed by atoms with van der Waals surface area (Å²) in [5.74, 6) is -4.72. The number of esters is 5.